The number of aromatic amines is 1. The number of amides is 1. The standard InChI is InChI=1S/C24H22N6O/c31-24(22-15-21(27-28-22)19-9-5-2-6-10-19)30-13-11-29(12-14-30)23-16-20(25-17-26-23)18-7-3-1-4-8-18/h1-10,15-17H,11-14H2,(H,27,28). The van der Waals surface area contributed by atoms with Crippen LogP contribution in [0.4, 0.5) is 5.82 Å². The van der Waals surface area contributed by atoms with Crippen LogP contribution in [0.15, 0.2) is 79.1 Å². The Morgan fingerprint density at radius 3 is 2.10 bits per heavy atom. The molecule has 1 aliphatic rings. The molecule has 2 aromatic heterocycles. The highest BCUT2D eigenvalue weighted by Gasteiger charge is 2.24. The van der Waals surface area contributed by atoms with Crippen molar-refractivity contribution >= 4 is 11.7 Å². The maximum atomic E-state index is 12.9. The van der Waals surface area contributed by atoms with Crippen molar-refractivity contribution in [2.24, 2.45) is 0 Å². The van der Waals surface area contributed by atoms with Gasteiger partial charge in [-0.3, -0.25) is 9.89 Å². The predicted octanol–water partition coefficient (Wildman–Crippen LogP) is 3.50. The lowest BCUT2D eigenvalue weighted by molar-refractivity contribution is 0.0740. The number of anilines is 1. The van der Waals surface area contributed by atoms with Crippen molar-refractivity contribution in [2.45, 2.75) is 0 Å². The van der Waals surface area contributed by atoms with Crippen molar-refractivity contribution in [3.63, 3.8) is 0 Å². The first kappa shape index (κ1) is 19.0. The monoisotopic (exact) mass is 410 g/mol. The zero-order valence-electron chi connectivity index (χ0n) is 17.0. The Morgan fingerprint density at radius 2 is 1.42 bits per heavy atom. The van der Waals surface area contributed by atoms with E-state index in [2.05, 4.69) is 25.1 Å². The normalized spacial score (nSPS) is 13.9. The number of aromatic nitrogens is 4. The van der Waals surface area contributed by atoms with Crippen molar-refractivity contribution in [3.05, 3.63) is 84.8 Å². The molecular weight excluding hydrogens is 388 g/mol. The highest BCUT2D eigenvalue weighted by atomic mass is 16.2. The van der Waals surface area contributed by atoms with E-state index < -0.39 is 0 Å². The highest BCUT2D eigenvalue weighted by molar-refractivity contribution is 5.93. The minimum absolute atomic E-state index is 0.0259. The van der Waals surface area contributed by atoms with Crippen LogP contribution in [-0.4, -0.2) is 57.2 Å². The topological polar surface area (TPSA) is 78.0 Å². The number of carbonyl (C=O) groups excluding carboxylic acids is 1. The first-order chi connectivity index (χ1) is 15.3. The zero-order chi connectivity index (χ0) is 21.0. The molecule has 1 aliphatic heterocycles. The summed E-state index contributed by atoms with van der Waals surface area (Å²) in [6.07, 6.45) is 1.60. The molecule has 3 heterocycles. The third-order valence-electron chi connectivity index (χ3n) is 5.49. The molecule has 1 N–H and O–H groups in total. The summed E-state index contributed by atoms with van der Waals surface area (Å²) in [5.41, 5.74) is 4.24. The summed E-state index contributed by atoms with van der Waals surface area (Å²) >= 11 is 0. The fourth-order valence-electron chi connectivity index (χ4n) is 3.78. The van der Waals surface area contributed by atoms with Crippen LogP contribution in [0.5, 0.6) is 0 Å². The van der Waals surface area contributed by atoms with Crippen molar-refractivity contribution in [3.8, 4) is 22.5 Å². The zero-order valence-corrected chi connectivity index (χ0v) is 17.0. The van der Waals surface area contributed by atoms with Crippen LogP contribution in [0.3, 0.4) is 0 Å². The molecule has 5 rings (SSSR count). The Balaban J connectivity index is 1.25. The number of nitrogens with zero attached hydrogens (tertiary/aromatic N) is 5. The molecule has 0 aliphatic carbocycles. The summed E-state index contributed by atoms with van der Waals surface area (Å²) < 4.78 is 0. The van der Waals surface area contributed by atoms with Crippen LogP contribution < -0.4 is 4.90 Å². The number of rotatable bonds is 4. The summed E-state index contributed by atoms with van der Waals surface area (Å²) in [6, 6.07) is 23.7. The summed E-state index contributed by atoms with van der Waals surface area (Å²) in [6.45, 7) is 2.69. The third kappa shape index (κ3) is 4.02. The van der Waals surface area contributed by atoms with E-state index in [0.29, 0.717) is 18.8 Å². The van der Waals surface area contributed by atoms with Crippen LogP contribution in [-0.2, 0) is 0 Å². The molecule has 0 bridgehead atoms. The smallest absolute Gasteiger partial charge is 0.272 e. The van der Waals surface area contributed by atoms with E-state index in [-0.39, 0.29) is 5.91 Å². The van der Waals surface area contributed by atoms with Crippen molar-refractivity contribution in [1.29, 1.82) is 0 Å². The van der Waals surface area contributed by atoms with Crippen LogP contribution in [0.1, 0.15) is 10.5 Å². The molecule has 0 saturated carbocycles. The van der Waals surface area contributed by atoms with E-state index in [1.165, 1.54) is 0 Å². The van der Waals surface area contributed by atoms with Gasteiger partial charge in [0, 0.05) is 43.4 Å². The summed E-state index contributed by atoms with van der Waals surface area (Å²) in [5.74, 6) is 0.857. The number of nitrogens with one attached hydrogen (secondary N) is 1. The van der Waals surface area contributed by atoms with E-state index in [4.69, 9.17) is 0 Å². The van der Waals surface area contributed by atoms with Gasteiger partial charge < -0.3 is 9.80 Å². The molecular formula is C24H22N6O. The van der Waals surface area contributed by atoms with Gasteiger partial charge in [-0.2, -0.15) is 5.10 Å². The Bertz CT molecular complexity index is 1170. The average molecular weight is 410 g/mol. The van der Waals surface area contributed by atoms with Crippen molar-refractivity contribution in [2.75, 3.05) is 31.1 Å². The maximum absolute atomic E-state index is 12.9. The van der Waals surface area contributed by atoms with Gasteiger partial charge in [0.2, 0.25) is 0 Å². The second kappa shape index (κ2) is 8.39. The Labute approximate surface area is 180 Å². The molecule has 1 amide bonds. The van der Waals surface area contributed by atoms with E-state index >= 15 is 0 Å². The van der Waals surface area contributed by atoms with E-state index in [1.54, 1.807) is 6.33 Å². The van der Waals surface area contributed by atoms with Crippen LogP contribution in [0.2, 0.25) is 0 Å². The first-order valence-corrected chi connectivity index (χ1v) is 10.3. The molecule has 2 aromatic carbocycles. The number of hydrogen-bond acceptors (Lipinski definition) is 5. The molecule has 0 radical (unpaired) electrons. The Hall–Kier alpha value is -4.00. The summed E-state index contributed by atoms with van der Waals surface area (Å²) in [7, 11) is 0. The molecule has 7 nitrogen and oxygen atoms in total. The number of H-pyrrole nitrogens is 1. The fraction of sp³-hybridized carbons (Fsp3) is 0.167. The number of piperazine rings is 1. The lowest BCUT2D eigenvalue weighted by atomic mass is 10.1. The second-order valence-electron chi connectivity index (χ2n) is 7.44. The molecule has 0 atom stereocenters. The van der Waals surface area contributed by atoms with Crippen LogP contribution in [0, 0.1) is 0 Å². The SMILES string of the molecule is O=C(c1cc(-c2ccccc2)n[nH]1)N1CCN(c2cc(-c3ccccc3)ncn2)CC1. The van der Waals surface area contributed by atoms with Crippen molar-refractivity contribution in [1.82, 2.24) is 25.1 Å². The second-order valence-corrected chi connectivity index (χ2v) is 7.44. The number of hydrogen-bond donors (Lipinski definition) is 1. The van der Waals surface area contributed by atoms with Gasteiger partial charge in [0.05, 0.1) is 11.4 Å². The molecule has 1 fully saturated rings. The maximum Gasteiger partial charge on any atom is 0.272 e. The van der Waals surface area contributed by atoms with Gasteiger partial charge in [-0.15, -0.1) is 0 Å². The first-order valence-electron chi connectivity index (χ1n) is 10.3. The van der Waals surface area contributed by atoms with Gasteiger partial charge in [-0.05, 0) is 6.07 Å². The predicted molar refractivity (Wildman–Crippen MR) is 120 cm³/mol. The summed E-state index contributed by atoms with van der Waals surface area (Å²) in [5, 5.41) is 7.20. The average Bonchev–Trinajstić information content (AvgIpc) is 3.35. The molecule has 7 heteroatoms. The largest absolute Gasteiger partial charge is 0.353 e. The number of carbonyl (C=O) groups is 1. The molecule has 154 valence electrons. The minimum atomic E-state index is -0.0259. The van der Waals surface area contributed by atoms with Crippen LogP contribution >= 0.6 is 0 Å². The third-order valence-corrected chi connectivity index (χ3v) is 5.49. The minimum Gasteiger partial charge on any atom is -0.353 e. The molecule has 31 heavy (non-hydrogen) atoms. The lowest BCUT2D eigenvalue weighted by Crippen LogP contribution is -2.49. The Morgan fingerprint density at radius 1 is 0.774 bits per heavy atom. The molecule has 4 aromatic rings. The van der Waals surface area contributed by atoms with Gasteiger partial charge >= 0.3 is 0 Å². The van der Waals surface area contributed by atoms with E-state index in [1.807, 2.05) is 77.7 Å². The highest BCUT2D eigenvalue weighted by Crippen LogP contribution is 2.22. The van der Waals surface area contributed by atoms with Gasteiger partial charge in [0.1, 0.15) is 17.8 Å². The Kier molecular flexibility index (Phi) is 5.14. The molecule has 0 unspecified atom stereocenters. The van der Waals surface area contributed by atoms with Gasteiger partial charge in [-0.1, -0.05) is 60.7 Å². The number of benzene rings is 2. The quantitative estimate of drug-likeness (QED) is 0.557. The van der Waals surface area contributed by atoms with E-state index in [9.17, 15) is 4.79 Å². The molecule has 1 saturated heterocycles. The lowest BCUT2D eigenvalue weighted by Gasteiger charge is -2.35. The summed E-state index contributed by atoms with van der Waals surface area (Å²) in [4.78, 5) is 25.8. The van der Waals surface area contributed by atoms with Gasteiger partial charge in [0.15, 0.2) is 0 Å². The van der Waals surface area contributed by atoms with Gasteiger partial charge in [0.25, 0.3) is 5.91 Å². The van der Waals surface area contributed by atoms with Crippen LogP contribution in [0.25, 0.3) is 22.5 Å². The van der Waals surface area contributed by atoms with Gasteiger partial charge in [-0.25, -0.2) is 9.97 Å². The van der Waals surface area contributed by atoms with Crippen molar-refractivity contribution < 1.29 is 4.79 Å². The fourth-order valence-corrected chi connectivity index (χ4v) is 3.78. The van der Waals surface area contributed by atoms with E-state index in [0.717, 1.165) is 41.4 Å². The molecule has 0 spiro atoms.